The third-order valence-corrected chi connectivity index (χ3v) is 5.48. The van der Waals surface area contributed by atoms with Crippen LogP contribution in [0.1, 0.15) is 43.4 Å². The fraction of sp³-hybridized carbons (Fsp3) is 0.478. The van der Waals surface area contributed by atoms with Crippen LogP contribution in [0, 0.1) is 5.92 Å². The van der Waals surface area contributed by atoms with Crippen molar-refractivity contribution in [2.75, 3.05) is 31.1 Å². The summed E-state index contributed by atoms with van der Waals surface area (Å²) in [4.78, 5) is 20.6. The lowest BCUT2D eigenvalue weighted by Crippen LogP contribution is -2.50. The summed E-state index contributed by atoms with van der Waals surface area (Å²) in [5.41, 5.74) is 1.51. The Balaban J connectivity index is 1.57. The van der Waals surface area contributed by atoms with Gasteiger partial charge in [0.1, 0.15) is 5.82 Å². The first-order chi connectivity index (χ1) is 14.1. The Kier molecular flexibility index (Phi) is 6.68. The number of carbonyl (C=O) groups excluding carboxylic acids is 1. The Morgan fingerprint density at radius 1 is 1.00 bits per heavy atom. The Bertz CT molecular complexity index is 839. The lowest BCUT2D eigenvalue weighted by molar-refractivity contribution is -0.138. The third-order valence-electron chi connectivity index (χ3n) is 5.48. The quantitative estimate of drug-likeness (QED) is 0.702. The average Bonchev–Trinajstić information content (AvgIpc) is 2.72. The maximum atomic E-state index is 12.9. The van der Waals surface area contributed by atoms with Crippen LogP contribution in [0.5, 0.6) is 0 Å². The van der Waals surface area contributed by atoms with Crippen LogP contribution in [0.4, 0.5) is 19.0 Å². The Morgan fingerprint density at radius 2 is 1.63 bits per heavy atom. The zero-order valence-corrected chi connectivity index (χ0v) is 17.6. The van der Waals surface area contributed by atoms with Crippen molar-refractivity contribution in [3.05, 3.63) is 59.3 Å². The number of piperazine rings is 1. The van der Waals surface area contributed by atoms with Gasteiger partial charge in [-0.05, 0) is 42.5 Å². The topological polar surface area (TPSA) is 36.4 Å². The number of halogens is 3. The predicted molar refractivity (Wildman–Crippen MR) is 111 cm³/mol. The zero-order valence-electron chi connectivity index (χ0n) is 17.6. The van der Waals surface area contributed by atoms with Gasteiger partial charge >= 0.3 is 6.18 Å². The number of nitrogens with zero attached hydrogens (tertiary/aromatic N) is 3. The van der Waals surface area contributed by atoms with Gasteiger partial charge in [-0.2, -0.15) is 13.2 Å². The molecule has 1 aromatic heterocycles. The number of rotatable bonds is 5. The molecule has 2 aromatic rings. The lowest BCUT2D eigenvalue weighted by atomic mass is 9.95. The van der Waals surface area contributed by atoms with Crippen molar-refractivity contribution < 1.29 is 18.0 Å². The number of benzene rings is 1. The molecule has 30 heavy (non-hydrogen) atoms. The molecule has 1 atom stereocenters. The summed E-state index contributed by atoms with van der Waals surface area (Å²) in [5, 5.41) is 0. The highest BCUT2D eigenvalue weighted by molar-refractivity contribution is 5.83. The molecule has 7 heteroatoms. The first kappa shape index (κ1) is 22.1. The average molecular weight is 419 g/mol. The summed E-state index contributed by atoms with van der Waals surface area (Å²) in [5.74, 6) is 0.940. The van der Waals surface area contributed by atoms with Gasteiger partial charge in [-0.25, -0.2) is 4.98 Å². The summed E-state index contributed by atoms with van der Waals surface area (Å²) >= 11 is 0. The van der Waals surface area contributed by atoms with E-state index in [9.17, 15) is 18.0 Å². The second kappa shape index (κ2) is 9.06. The van der Waals surface area contributed by atoms with Crippen LogP contribution in [-0.2, 0) is 17.4 Å². The molecular formula is C23H28F3N3O. The minimum absolute atomic E-state index is 0.0756. The molecule has 0 radical (unpaired) electrons. The predicted octanol–water partition coefficient (Wildman–Crippen LogP) is 4.75. The fourth-order valence-corrected chi connectivity index (χ4v) is 3.73. The van der Waals surface area contributed by atoms with Crippen LogP contribution in [0.3, 0.4) is 0 Å². The number of alkyl halides is 3. The minimum atomic E-state index is -4.39. The van der Waals surface area contributed by atoms with E-state index in [2.05, 4.69) is 31.0 Å². The van der Waals surface area contributed by atoms with Gasteiger partial charge in [-0.1, -0.05) is 38.1 Å². The van der Waals surface area contributed by atoms with E-state index in [4.69, 9.17) is 0 Å². The normalized spacial score (nSPS) is 16.1. The van der Waals surface area contributed by atoms with Crippen LogP contribution in [0.25, 0.3) is 0 Å². The molecule has 0 spiro atoms. The van der Waals surface area contributed by atoms with Gasteiger partial charge in [-0.15, -0.1) is 0 Å². The van der Waals surface area contributed by atoms with Gasteiger partial charge < -0.3 is 9.80 Å². The molecular weight excluding hydrogens is 391 g/mol. The number of amides is 1. The molecule has 0 bridgehead atoms. The number of aromatic nitrogens is 1. The molecule has 1 aliphatic heterocycles. The Labute approximate surface area is 175 Å². The standard InChI is InChI=1S/C23H28F3N3O/c1-16(2)14-18-4-6-19(7-5-18)17(3)22(30)29-12-10-28(11-13-29)21-9-8-20(15-27-21)23(24,25)26/h4-9,15-17H,10-14H2,1-3H3. The highest BCUT2D eigenvalue weighted by atomic mass is 19.4. The smallest absolute Gasteiger partial charge is 0.353 e. The molecule has 1 fully saturated rings. The highest BCUT2D eigenvalue weighted by Gasteiger charge is 2.31. The van der Waals surface area contributed by atoms with Crippen LogP contribution in [0.15, 0.2) is 42.6 Å². The van der Waals surface area contributed by atoms with E-state index in [1.807, 2.05) is 28.9 Å². The molecule has 0 aliphatic carbocycles. The molecule has 0 N–H and O–H groups in total. The monoisotopic (exact) mass is 419 g/mol. The first-order valence-electron chi connectivity index (χ1n) is 10.3. The molecule has 1 aliphatic rings. The van der Waals surface area contributed by atoms with Gasteiger partial charge in [0.2, 0.25) is 5.91 Å². The summed E-state index contributed by atoms with van der Waals surface area (Å²) < 4.78 is 38.1. The fourth-order valence-electron chi connectivity index (χ4n) is 3.73. The van der Waals surface area contributed by atoms with Gasteiger partial charge in [0.25, 0.3) is 0 Å². The minimum Gasteiger partial charge on any atom is -0.353 e. The molecule has 1 unspecified atom stereocenters. The molecule has 1 saturated heterocycles. The molecule has 4 nitrogen and oxygen atoms in total. The maximum Gasteiger partial charge on any atom is 0.417 e. The second-order valence-corrected chi connectivity index (χ2v) is 8.28. The third kappa shape index (κ3) is 5.32. The van der Waals surface area contributed by atoms with Gasteiger partial charge in [-0.3, -0.25) is 4.79 Å². The summed E-state index contributed by atoms with van der Waals surface area (Å²) in [6.45, 7) is 8.42. The first-order valence-corrected chi connectivity index (χ1v) is 10.3. The van der Waals surface area contributed by atoms with Crippen molar-refractivity contribution in [2.24, 2.45) is 5.92 Å². The number of hydrogen-bond acceptors (Lipinski definition) is 3. The van der Waals surface area contributed by atoms with Crippen LogP contribution in [0.2, 0.25) is 0 Å². The molecule has 1 amide bonds. The van der Waals surface area contributed by atoms with Crippen LogP contribution < -0.4 is 4.90 Å². The maximum absolute atomic E-state index is 12.9. The number of carbonyl (C=O) groups is 1. The summed E-state index contributed by atoms with van der Waals surface area (Å²) in [6.07, 6.45) is -2.51. The van der Waals surface area contributed by atoms with E-state index in [1.165, 1.54) is 11.6 Å². The van der Waals surface area contributed by atoms with Crippen molar-refractivity contribution in [3.63, 3.8) is 0 Å². The molecule has 1 aromatic carbocycles. The molecule has 0 saturated carbocycles. The molecule has 3 rings (SSSR count). The number of anilines is 1. The van der Waals surface area contributed by atoms with E-state index in [0.717, 1.165) is 24.2 Å². The van der Waals surface area contributed by atoms with Crippen molar-refractivity contribution in [1.82, 2.24) is 9.88 Å². The van der Waals surface area contributed by atoms with E-state index in [0.29, 0.717) is 37.9 Å². The second-order valence-electron chi connectivity index (χ2n) is 8.28. The van der Waals surface area contributed by atoms with E-state index < -0.39 is 11.7 Å². The number of hydrogen-bond donors (Lipinski definition) is 0. The highest BCUT2D eigenvalue weighted by Crippen LogP contribution is 2.29. The SMILES string of the molecule is CC(C)Cc1ccc(C(C)C(=O)N2CCN(c3ccc(C(F)(F)F)cn3)CC2)cc1. The Hall–Kier alpha value is -2.57. The van der Waals surface area contributed by atoms with E-state index >= 15 is 0 Å². The van der Waals surface area contributed by atoms with E-state index in [-0.39, 0.29) is 11.8 Å². The van der Waals surface area contributed by atoms with Crippen molar-refractivity contribution in [1.29, 1.82) is 0 Å². The summed E-state index contributed by atoms with van der Waals surface area (Å²) in [7, 11) is 0. The van der Waals surface area contributed by atoms with Gasteiger partial charge in [0.05, 0.1) is 11.5 Å². The van der Waals surface area contributed by atoms with Crippen molar-refractivity contribution in [3.8, 4) is 0 Å². The number of pyridine rings is 1. The zero-order chi connectivity index (χ0) is 21.9. The lowest BCUT2D eigenvalue weighted by Gasteiger charge is -2.36. The summed E-state index contributed by atoms with van der Waals surface area (Å²) in [6, 6.07) is 10.7. The molecule has 2 heterocycles. The van der Waals surface area contributed by atoms with E-state index in [1.54, 1.807) is 0 Å². The van der Waals surface area contributed by atoms with Crippen molar-refractivity contribution >= 4 is 11.7 Å². The largest absolute Gasteiger partial charge is 0.417 e. The Morgan fingerprint density at radius 3 is 2.13 bits per heavy atom. The van der Waals surface area contributed by atoms with Crippen molar-refractivity contribution in [2.45, 2.75) is 39.3 Å². The van der Waals surface area contributed by atoms with Gasteiger partial charge in [0.15, 0.2) is 0 Å². The molecule has 162 valence electrons. The van der Waals surface area contributed by atoms with Crippen LogP contribution >= 0.6 is 0 Å². The van der Waals surface area contributed by atoms with Gasteiger partial charge in [0, 0.05) is 32.4 Å². The van der Waals surface area contributed by atoms with Crippen LogP contribution in [-0.4, -0.2) is 42.0 Å².